The van der Waals surface area contributed by atoms with Gasteiger partial charge in [0.1, 0.15) is 0 Å². The normalized spacial score (nSPS) is 15.2. The topological polar surface area (TPSA) is 6.48 Å². The van der Waals surface area contributed by atoms with Crippen molar-refractivity contribution in [2.24, 2.45) is 0 Å². The number of fused-ring (bicyclic) bond motifs is 8. The summed E-state index contributed by atoms with van der Waals surface area (Å²) in [5.41, 5.74) is 23.2. The minimum Gasteiger partial charge on any atom is -0.311 e. The Morgan fingerprint density at radius 2 is 0.786 bits per heavy atom. The van der Waals surface area contributed by atoms with E-state index in [1.807, 2.05) is 0 Å². The number of hydrogen-bond donors (Lipinski definition) is 0. The molecule has 12 rings (SSSR count). The molecule has 340 valence electrons. The van der Waals surface area contributed by atoms with Crippen LogP contribution in [0.4, 0.5) is 34.1 Å². The van der Waals surface area contributed by atoms with E-state index in [4.69, 9.17) is 0 Å². The Hall–Kier alpha value is -7.94. The lowest BCUT2D eigenvalue weighted by molar-refractivity contribution is 0.589. The highest BCUT2D eigenvalue weighted by atomic mass is 15.2. The number of benzene rings is 10. The van der Waals surface area contributed by atoms with Crippen molar-refractivity contribution in [3.8, 4) is 22.3 Å². The molecular formula is C68H58N2. The quantitative estimate of drug-likeness (QED) is 0.150. The van der Waals surface area contributed by atoms with Crippen molar-refractivity contribution in [3.05, 3.63) is 275 Å². The van der Waals surface area contributed by atoms with Gasteiger partial charge < -0.3 is 9.80 Å². The van der Waals surface area contributed by atoms with Gasteiger partial charge in [0.05, 0.1) is 5.41 Å². The molecule has 0 spiro atoms. The van der Waals surface area contributed by atoms with Gasteiger partial charge in [0.15, 0.2) is 0 Å². The third-order valence-electron chi connectivity index (χ3n) is 15.5. The van der Waals surface area contributed by atoms with Gasteiger partial charge in [0.25, 0.3) is 0 Å². The molecule has 0 amide bonds. The zero-order valence-corrected chi connectivity index (χ0v) is 41.3. The molecule has 2 aliphatic carbocycles. The fraction of sp³-hybridized carbons (Fsp3) is 0.147. The van der Waals surface area contributed by atoms with Gasteiger partial charge in [0, 0.05) is 39.5 Å². The van der Waals surface area contributed by atoms with Crippen LogP contribution in [0.2, 0.25) is 0 Å². The minimum atomic E-state index is -0.613. The highest BCUT2D eigenvalue weighted by Crippen LogP contribution is 2.62. The molecule has 0 N–H and O–H groups in total. The standard InChI is InChI=1S/C68H58N2/c1-45-27-40-57-59-43-63-60(44-62(59)67(6,7)61(57)41-45)65-58-26-18-17-25-56(58)46(2)42-64(65)68(63,48-30-28-47(29-31-48)66(3,4)5)49-32-34-53(35-33-49)70(52-23-15-10-16-24-52)55-38-36-54(37-39-55)69(50-19-11-8-12-20-50)51-21-13-9-14-22-51/h8-44H,1-7H3. The number of nitrogens with zero attached hydrogens (tertiary/aromatic N) is 2. The predicted molar refractivity (Wildman–Crippen MR) is 296 cm³/mol. The first-order valence-electron chi connectivity index (χ1n) is 24.8. The molecule has 10 aromatic rings. The van der Waals surface area contributed by atoms with Crippen LogP contribution in [0.1, 0.15) is 84.7 Å². The second-order valence-electron chi connectivity index (χ2n) is 21.1. The largest absolute Gasteiger partial charge is 0.311 e. The lowest BCUT2D eigenvalue weighted by atomic mass is 9.66. The number of hydrogen-bond acceptors (Lipinski definition) is 2. The van der Waals surface area contributed by atoms with Gasteiger partial charge in [-0.05, 0) is 182 Å². The van der Waals surface area contributed by atoms with E-state index in [0.717, 1.165) is 34.1 Å². The molecule has 0 bridgehead atoms. The van der Waals surface area contributed by atoms with E-state index in [1.165, 1.54) is 83.1 Å². The van der Waals surface area contributed by atoms with Gasteiger partial charge >= 0.3 is 0 Å². The zero-order chi connectivity index (χ0) is 47.9. The van der Waals surface area contributed by atoms with Crippen molar-refractivity contribution in [2.45, 2.75) is 64.7 Å². The van der Waals surface area contributed by atoms with E-state index >= 15 is 0 Å². The molecule has 0 fully saturated rings. The van der Waals surface area contributed by atoms with Crippen LogP contribution < -0.4 is 9.80 Å². The molecule has 70 heavy (non-hydrogen) atoms. The Balaban J connectivity index is 1.07. The first-order chi connectivity index (χ1) is 33.9. The molecule has 0 saturated heterocycles. The highest BCUT2D eigenvalue weighted by Gasteiger charge is 2.49. The molecule has 0 aliphatic heterocycles. The summed E-state index contributed by atoms with van der Waals surface area (Å²) in [5.74, 6) is 0. The number of para-hydroxylation sites is 3. The predicted octanol–water partition coefficient (Wildman–Crippen LogP) is 18.4. The van der Waals surface area contributed by atoms with Crippen molar-refractivity contribution in [3.63, 3.8) is 0 Å². The molecule has 0 saturated carbocycles. The summed E-state index contributed by atoms with van der Waals surface area (Å²) < 4.78 is 0. The van der Waals surface area contributed by atoms with Gasteiger partial charge in [-0.15, -0.1) is 0 Å². The highest BCUT2D eigenvalue weighted by molar-refractivity contribution is 6.06. The van der Waals surface area contributed by atoms with Crippen LogP contribution in [0.15, 0.2) is 224 Å². The molecule has 0 heterocycles. The van der Waals surface area contributed by atoms with Crippen LogP contribution in [0.3, 0.4) is 0 Å². The Labute approximate surface area is 414 Å². The fourth-order valence-electron chi connectivity index (χ4n) is 11.9. The molecular weight excluding hydrogens is 845 g/mol. The SMILES string of the molecule is Cc1ccc2c(c1)C(C)(C)c1cc3c(cc1-2)C(c1ccc(N(c2ccccc2)c2ccc(N(c4ccccc4)c4ccccc4)cc2)cc1)(c1ccc(C(C)(C)C)cc1)c1cc(C)c2ccccc2c1-3. The molecule has 2 nitrogen and oxygen atoms in total. The summed E-state index contributed by atoms with van der Waals surface area (Å²) in [4.78, 5) is 4.70. The zero-order valence-electron chi connectivity index (χ0n) is 41.3. The van der Waals surface area contributed by atoms with Crippen LogP contribution in [0, 0.1) is 13.8 Å². The average molecular weight is 903 g/mol. The second kappa shape index (κ2) is 16.4. The summed E-state index contributed by atoms with van der Waals surface area (Å²) in [6.07, 6.45) is 0. The van der Waals surface area contributed by atoms with E-state index in [1.54, 1.807) is 0 Å². The summed E-state index contributed by atoms with van der Waals surface area (Å²) in [7, 11) is 0. The van der Waals surface area contributed by atoms with Crippen molar-refractivity contribution >= 4 is 44.9 Å². The van der Waals surface area contributed by atoms with Crippen molar-refractivity contribution < 1.29 is 0 Å². The van der Waals surface area contributed by atoms with E-state index in [-0.39, 0.29) is 10.8 Å². The van der Waals surface area contributed by atoms with Crippen LogP contribution in [-0.2, 0) is 16.2 Å². The molecule has 10 aromatic carbocycles. The third kappa shape index (κ3) is 6.76. The number of aryl methyl sites for hydroxylation is 2. The Morgan fingerprint density at radius 3 is 1.30 bits per heavy atom. The van der Waals surface area contributed by atoms with E-state index in [0.29, 0.717) is 0 Å². The first kappa shape index (κ1) is 43.3. The summed E-state index contributed by atoms with van der Waals surface area (Å²) in [6, 6.07) is 84.0. The second-order valence-corrected chi connectivity index (χ2v) is 21.1. The fourth-order valence-corrected chi connectivity index (χ4v) is 11.9. The molecule has 1 atom stereocenters. The van der Waals surface area contributed by atoms with Gasteiger partial charge in [0.2, 0.25) is 0 Å². The van der Waals surface area contributed by atoms with Gasteiger partial charge in [-0.2, -0.15) is 0 Å². The van der Waals surface area contributed by atoms with Crippen LogP contribution in [0.5, 0.6) is 0 Å². The van der Waals surface area contributed by atoms with Crippen molar-refractivity contribution in [2.75, 3.05) is 9.80 Å². The number of rotatable bonds is 8. The van der Waals surface area contributed by atoms with Crippen LogP contribution in [0.25, 0.3) is 33.0 Å². The van der Waals surface area contributed by atoms with E-state index in [2.05, 4.69) is 283 Å². The molecule has 0 aromatic heterocycles. The maximum Gasteiger partial charge on any atom is 0.0714 e. The third-order valence-corrected chi connectivity index (χ3v) is 15.5. The van der Waals surface area contributed by atoms with Crippen molar-refractivity contribution in [1.29, 1.82) is 0 Å². The first-order valence-corrected chi connectivity index (χ1v) is 24.8. The summed E-state index contributed by atoms with van der Waals surface area (Å²) >= 11 is 0. The molecule has 2 aliphatic rings. The Morgan fingerprint density at radius 1 is 0.357 bits per heavy atom. The van der Waals surface area contributed by atoms with E-state index < -0.39 is 5.41 Å². The maximum absolute atomic E-state index is 2.59. The Bertz CT molecular complexity index is 3540. The van der Waals surface area contributed by atoms with E-state index in [9.17, 15) is 0 Å². The summed E-state index contributed by atoms with van der Waals surface area (Å²) in [6.45, 7) is 16.3. The van der Waals surface area contributed by atoms with Crippen molar-refractivity contribution in [1.82, 2.24) is 0 Å². The van der Waals surface area contributed by atoms with Gasteiger partial charge in [-0.25, -0.2) is 0 Å². The van der Waals surface area contributed by atoms with Gasteiger partial charge in [-0.1, -0.05) is 180 Å². The lowest BCUT2D eigenvalue weighted by Gasteiger charge is -2.36. The molecule has 1 unspecified atom stereocenters. The lowest BCUT2D eigenvalue weighted by Crippen LogP contribution is -2.29. The van der Waals surface area contributed by atoms with Crippen LogP contribution in [-0.4, -0.2) is 0 Å². The van der Waals surface area contributed by atoms with Crippen LogP contribution >= 0.6 is 0 Å². The molecule has 2 heteroatoms. The smallest absolute Gasteiger partial charge is 0.0714 e. The maximum atomic E-state index is 2.59. The average Bonchev–Trinajstić information content (AvgIpc) is 3.79. The number of anilines is 6. The molecule has 0 radical (unpaired) electrons. The Kier molecular flexibility index (Phi) is 10.1. The monoisotopic (exact) mass is 902 g/mol. The van der Waals surface area contributed by atoms with Gasteiger partial charge in [-0.3, -0.25) is 0 Å². The minimum absolute atomic E-state index is 0.0142. The summed E-state index contributed by atoms with van der Waals surface area (Å²) in [5, 5.41) is 2.62.